The average Bonchev–Trinajstić information content (AvgIpc) is 1.64. The molecule has 0 spiro atoms. The largest absolute Gasteiger partial charge is 0.354 e. The Morgan fingerprint density at radius 1 is 0.371 bits per heavy atom. The molecular formula is C81H66Br2IN5. The minimum absolute atomic E-state index is 0.818. The fraction of sp³-hybridized carbons (Fsp3) is 0.111. The molecule has 2 N–H and O–H groups in total. The Morgan fingerprint density at radius 2 is 0.798 bits per heavy atom. The molecule has 1 fully saturated rings. The highest BCUT2D eigenvalue weighted by atomic mass is 127. The van der Waals surface area contributed by atoms with Crippen LogP contribution in [0, 0.1) is 9.49 Å². The zero-order valence-corrected chi connectivity index (χ0v) is 55.1. The number of hydrogen-bond acceptors (Lipinski definition) is 1. The number of hydrogen-bond donors (Lipinski definition) is 2. The predicted molar refractivity (Wildman–Crippen MR) is 396 cm³/mol. The maximum Gasteiger partial charge on any atom is 0.0547 e. The number of benzene rings is 12. The zero-order valence-electron chi connectivity index (χ0n) is 49.7. The maximum atomic E-state index is 3.67. The number of fused-ring (bicyclic) bond motifs is 12. The molecule has 436 valence electrons. The van der Waals surface area contributed by atoms with Crippen LogP contribution in [0.1, 0.15) is 39.0 Å². The molecule has 0 radical (unpaired) electrons. The van der Waals surface area contributed by atoms with Crippen LogP contribution in [0.25, 0.3) is 127 Å². The third-order valence-electron chi connectivity index (χ3n) is 17.9. The van der Waals surface area contributed by atoms with Gasteiger partial charge in [-0.2, -0.15) is 0 Å². The molecule has 2 atom stereocenters. The van der Waals surface area contributed by atoms with Gasteiger partial charge in [-0.05, 0) is 192 Å². The van der Waals surface area contributed by atoms with Crippen LogP contribution >= 0.6 is 54.5 Å². The van der Waals surface area contributed by atoms with Crippen molar-refractivity contribution in [3.63, 3.8) is 0 Å². The van der Waals surface area contributed by atoms with E-state index in [-0.39, 0.29) is 0 Å². The standard InChI is InChI=1S/C36H23BrN2.C30H20N2.C9H19N.C6H4BrI/c37-26-9-8-12-28(23-26)39-33-15-6-4-13-29(33)31-19-17-25(22-36(31)39)24-18-20-35-32(21-24)30-14-5-7-16-34(30)38(35)27-10-2-1-3-11-27;1-2-8-22(9-3-1)32-29-13-7-5-11-25(29)26-18-20(15-17-30(26)32)21-14-16-24-23-10-4-6-12-27(23)31-28(24)19-21;1-3-8-6-4-5-7-9(8)10-2;7-5-2-1-3-6(8)4-5/h1-23H;1-19,31H;8-10H,3-7H2,1-2H3;1-4H/t;;8-,9-;/m..1./s1. The van der Waals surface area contributed by atoms with E-state index in [1.165, 1.54) is 157 Å². The summed E-state index contributed by atoms with van der Waals surface area (Å²) in [6.45, 7) is 2.31. The minimum atomic E-state index is 0.818. The summed E-state index contributed by atoms with van der Waals surface area (Å²) >= 11 is 9.31. The number of halogens is 3. The number of aromatic nitrogens is 4. The van der Waals surface area contributed by atoms with Gasteiger partial charge in [-0.25, -0.2) is 0 Å². The average molecular weight is 1400 g/mol. The molecule has 16 aromatic rings. The van der Waals surface area contributed by atoms with Crippen molar-refractivity contribution in [2.45, 2.75) is 45.1 Å². The molecule has 0 aliphatic heterocycles. The Hall–Kier alpha value is -8.51. The number of H-pyrrole nitrogens is 1. The molecule has 4 aromatic heterocycles. The van der Waals surface area contributed by atoms with Crippen molar-refractivity contribution in [3.05, 3.63) is 292 Å². The first-order valence-corrected chi connectivity index (χ1v) is 33.5. The summed E-state index contributed by atoms with van der Waals surface area (Å²) in [4.78, 5) is 3.58. The SMILES string of the molecule is Brc1cccc(-n2c3ccccc3c3ccc(-c4ccc5c(c4)c4ccccc4n5-c4ccccc4)cc32)c1.Brc1cccc(I)c1.CC[C@@H]1CCCC[C@H]1NC.c1ccc(-n2c3ccccc3c3cc(-c4ccc5c(c4)[nH]c4ccccc45)ccc32)cc1. The van der Waals surface area contributed by atoms with Gasteiger partial charge in [0.1, 0.15) is 0 Å². The van der Waals surface area contributed by atoms with Crippen molar-refractivity contribution in [1.29, 1.82) is 0 Å². The van der Waals surface area contributed by atoms with E-state index in [1.54, 1.807) is 0 Å². The maximum absolute atomic E-state index is 3.67. The minimum Gasteiger partial charge on any atom is -0.354 e. The Morgan fingerprint density at radius 3 is 1.34 bits per heavy atom. The molecule has 0 bridgehead atoms. The summed E-state index contributed by atoms with van der Waals surface area (Å²) in [5.74, 6) is 0.957. The van der Waals surface area contributed by atoms with Gasteiger partial charge in [0.05, 0.1) is 33.1 Å². The van der Waals surface area contributed by atoms with Gasteiger partial charge in [-0.15, -0.1) is 0 Å². The molecule has 1 aliphatic rings. The molecule has 0 amide bonds. The molecule has 8 heteroatoms. The van der Waals surface area contributed by atoms with Gasteiger partial charge in [0.2, 0.25) is 0 Å². The first-order chi connectivity index (χ1) is 43.8. The van der Waals surface area contributed by atoms with Gasteiger partial charge in [0.15, 0.2) is 0 Å². The molecule has 17 rings (SSSR count). The number of aromatic amines is 1. The molecule has 12 aromatic carbocycles. The smallest absolute Gasteiger partial charge is 0.0547 e. The van der Waals surface area contributed by atoms with E-state index in [9.17, 15) is 0 Å². The van der Waals surface area contributed by atoms with Crippen LogP contribution in [0.4, 0.5) is 0 Å². The normalized spacial score (nSPS) is 14.0. The molecule has 5 nitrogen and oxygen atoms in total. The van der Waals surface area contributed by atoms with Crippen molar-refractivity contribution >= 4 is 142 Å². The van der Waals surface area contributed by atoms with Crippen molar-refractivity contribution in [3.8, 4) is 39.3 Å². The van der Waals surface area contributed by atoms with Gasteiger partial charge in [0, 0.05) is 89.7 Å². The Bertz CT molecular complexity index is 5160. The highest BCUT2D eigenvalue weighted by Crippen LogP contribution is 2.40. The molecule has 4 heterocycles. The van der Waals surface area contributed by atoms with Crippen molar-refractivity contribution in [2.24, 2.45) is 5.92 Å². The van der Waals surface area contributed by atoms with Crippen molar-refractivity contribution in [2.75, 3.05) is 7.05 Å². The Balaban J connectivity index is 0.000000123. The van der Waals surface area contributed by atoms with Gasteiger partial charge in [-0.1, -0.05) is 216 Å². The van der Waals surface area contributed by atoms with Gasteiger partial charge >= 0.3 is 0 Å². The topological polar surface area (TPSA) is 42.6 Å². The highest BCUT2D eigenvalue weighted by Gasteiger charge is 2.22. The lowest BCUT2D eigenvalue weighted by Crippen LogP contribution is -2.35. The summed E-state index contributed by atoms with van der Waals surface area (Å²) < 4.78 is 10.6. The van der Waals surface area contributed by atoms with E-state index in [0.29, 0.717) is 0 Å². The second-order valence-corrected chi connectivity index (χ2v) is 26.2. The predicted octanol–water partition coefficient (Wildman–Crippen LogP) is 23.6. The van der Waals surface area contributed by atoms with E-state index in [4.69, 9.17) is 0 Å². The third-order valence-corrected chi connectivity index (χ3v) is 19.5. The van der Waals surface area contributed by atoms with Crippen molar-refractivity contribution in [1.82, 2.24) is 24.0 Å². The van der Waals surface area contributed by atoms with E-state index >= 15 is 0 Å². The second kappa shape index (κ2) is 25.9. The zero-order chi connectivity index (χ0) is 60.4. The van der Waals surface area contributed by atoms with Gasteiger partial charge in [0.25, 0.3) is 0 Å². The Labute approximate surface area is 550 Å². The summed E-state index contributed by atoms with van der Waals surface area (Å²) in [5, 5.41) is 13.6. The van der Waals surface area contributed by atoms with Crippen LogP contribution in [-0.2, 0) is 0 Å². The first kappa shape index (κ1) is 58.2. The number of rotatable bonds is 7. The van der Waals surface area contributed by atoms with E-state index in [0.717, 1.165) is 26.6 Å². The number of para-hydroxylation sites is 6. The Kier molecular flexibility index (Phi) is 16.9. The number of nitrogens with one attached hydrogen (secondary N) is 2. The van der Waals surface area contributed by atoms with Crippen LogP contribution in [0.15, 0.2) is 288 Å². The highest BCUT2D eigenvalue weighted by molar-refractivity contribution is 14.1. The molecular weight excluding hydrogens is 1330 g/mol. The third kappa shape index (κ3) is 11.6. The van der Waals surface area contributed by atoms with Crippen LogP contribution < -0.4 is 5.32 Å². The lowest BCUT2D eigenvalue weighted by atomic mass is 9.83. The van der Waals surface area contributed by atoms with Crippen molar-refractivity contribution < 1.29 is 0 Å². The van der Waals surface area contributed by atoms with Crippen LogP contribution in [0.5, 0.6) is 0 Å². The van der Waals surface area contributed by atoms with Crippen LogP contribution in [-0.4, -0.2) is 31.8 Å². The summed E-state index contributed by atoms with van der Waals surface area (Å²) in [7, 11) is 2.10. The van der Waals surface area contributed by atoms with Crippen LogP contribution in [0.2, 0.25) is 0 Å². The molecule has 89 heavy (non-hydrogen) atoms. The number of nitrogens with zero attached hydrogens (tertiary/aromatic N) is 3. The first-order valence-electron chi connectivity index (χ1n) is 30.9. The van der Waals surface area contributed by atoms with Crippen LogP contribution in [0.3, 0.4) is 0 Å². The van der Waals surface area contributed by atoms with E-state index in [1.807, 2.05) is 12.1 Å². The molecule has 1 saturated carbocycles. The lowest BCUT2D eigenvalue weighted by molar-refractivity contribution is 0.267. The second-order valence-electron chi connectivity index (χ2n) is 23.1. The molecule has 0 saturated heterocycles. The monoisotopic (exact) mass is 1390 g/mol. The summed E-state index contributed by atoms with van der Waals surface area (Å²) in [6, 6.07) is 101. The lowest BCUT2D eigenvalue weighted by Gasteiger charge is -2.30. The van der Waals surface area contributed by atoms with E-state index in [2.05, 4.69) is 359 Å². The fourth-order valence-electron chi connectivity index (χ4n) is 13.6. The molecule has 0 unspecified atom stereocenters. The molecule has 1 aliphatic carbocycles. The van der Waals surface area contributed by atoms with Gasteiger partial charge in [-0.3, -0.25) is 0 Å². The fourth-order valence-corrected chi connectivity index (χ4v) is 15.4. The summed E-state index contributed by atoms with van der Waals surface area (Å²) in [6.07, 6.45) is 7.08. The van der Waals surface area contributed by atoms with E-state index < -0.39 is 0 Å². The quantitative estimate of drug-likeness (QED) is 0.153. The van der Waals surface area contributed by atoms with Gasteiger partial charge < -0.3 is 24.0 Å². The summed E-state index contributed by atoms with van der Waals surface area (Å²) in [5.41, 5.74) is 18.1.